The Kier molecular flexibility index (Phi) is 77.8. The SMILES string of the molecule is [2H][CH-]I.[3H][N]=[W].[CH3-]. The molecule has 0 aromatic rings. The summed E-state index contributed by atoms with van der Waals surface area (Å²) in [7, 11) is 0. The average molecular weight is 358 g/mol. The molecule has 5 heavy (non-hydrogen) atoms. The third kappa shape index (κ3) is 36.4. The molecule has 1 nitrogen and oxygen atoms in total. The van der Waals surface area contributed by atoms with Gasteiger partial charge in [0, 0.05) is 0 Å². The van der Waals surface area contributed by atoms with Gasteiger partial charge in [0.2, 0.25) is 0 Å². The molecule has 0 fully saturated rings. The molecule has 0 aliphatic rings. The van der Waals surface area contributed by atoms with Gasteiger partial charge in [-0.15, -0.1) is 0 Å². The van der Waals surface area contributed by atoms with Gasteiger partial charge < -0.3 is 30.0 Å². The van der Waals surface area contributed by atoms with Crippen LogP contribution in [0.1, 0.15) is 1.37 Å². The number of halogens is 1. The first-order chi connectivity index (χ1) is 2.83. The molecule has 0 spiro atoms. The molecule has 0 radical (unpaired) electrons. The second-order valence-electron chi connectivity index (χ2n) is 0. The molecular weight excluding hydrogens is 349 g/mol. The van der Waals surface area contributed by atoms with Crippen molar-refractivity contribution in [2.24, 2.45) is 0 Å². The van der Waals surface area contributed by atoms with Crippen molar-refractivity contribution in [2.45, 2.75) is 0 Å². The molecular formula is C2H6INW-2. The minimum Gasteiger partial charge on any atom is -0.358 e. The van der Waals surface area contributed by atoms with Gasteiger partial charge in [0.05, 0.1) is 0 Å². The van der Waals surface area contributed by atoms with Crippen LogP contribution in [0.2, 0.25) is 1.41 Å². The van der Waals surface area contributed by atoms with Crippen molar-refractivity contribution < 1.29 is 22.4 Å². The fourth-order valence-corrected chi connectivity index (χ4v) is 0. The largest absolute Gasteiger partial charge is 0.358 e. The Hall–Kier alpha value is 1.22. The number of rotatable bonds is 0. The monoisotopic (exact) mass is 358 g/mol. The summed E-state index contributed by atoms with van der Waals surface area (Å²) in [5.41, 5.74) is 0. The Balaban J connectivity index is -0.0000000400. The van der Waals surface area contributed by atoms with Gasteiger partial charge in [-0.25, -0.2) is 0 Å². The molecule has 34 valence electrons. The third-order valence-electron chi connectivity index (χ3n) is 0. The fourth-order valence-electron chi connectivity index (χ4n) is 0. The summed E-state index contributed by atoms with van der Waals surface area (Å²) >= 11 is 2.79. The molecule has 0 bridgehead atoms. The minimum atomic E-state index is 0. The Morgan fingerprint density at radius 1 is 2.60 bits per heavy atom. The molecule has 0 aliphatic carbocycles. The minimum absolute atomic E-state index is 0. The quantitative estimate of drug-likeness (QED) is 0.506. The van der Waals surface area contributed by atoms with Crippen molar-refractivity contribution in [3.05, 3.63) is 12.3 Å². The summed E-state index contributed by atoms with van der Waals surface area (Å²) in [4.78, 5) is 1.22. The number of nitrogens with one attached hydrogen (secondary N) is 1. The third-order valence-corrected chi connectivity index (χ3v) is 0. The van der Waals surface area contributed by atoms with Crippen molar-refractivity contribution in [1.82, 2.24) is 0 Å². The predicted molar refractivity (Wildman–Crippen MR) is 28.5 cm³/mol. The van der Waals surface area contributed by atoms with E-state index in [1.807, 2.05) is 22.6 Å². The maximum absolute atomic E-state index is 6.07. The van der Waals surface area contributed by atoms with Crippen molar-refractivity contribution in [3.8, 4) is 0 Å². The zero-order chi connectivity index (χ0) is 5.41. The van der Waals surface area contributed by atoms with E-state index in [4.69, 9.17) is 2.78 Å². The summed E-state index contributed by atoms with van der Waals surface area (Å²) in [5, 5.41) is 0. The maximum Gasteiger partial charge on any atom is -0.358 e. The molecule has 0 atom stereocenters. The Labute approximate surface area is 61.1 Å². The van der Waals surface area contributed by atoms with Crippen molar-refractivity contribution >= 4 is 22.6 Å². The Bertz CT molecular complexity index is 29.7. The van der Waals surface area contributed by atoms with Gasteiger partial charge in [0.15, 0.2) is 0 Å². The summed E-state index contributed by atoms with van der Waals surface area (Å²) in [6.45, 7) is 0. The van der Waals surface area contributed by atoms with E-state index in [1.54, 1.807) is 0 Å². The average Bonchev–Trinajstić information content (AvgIpc) is 1.39. The van der Waals surface area contributed by atoms with Crippen LogP contribution in [0, 0.1) is 16.2 Å². The maximum atomic E-state index is 6.07. The van der Waals surface area contributed by atoms with Crippen LogP contribution in [-0.4, -0.2) is 0 Å². The smallest absolute Gasteiger partial charge is 0.358 e. The molecule has 0 saturated carbocycles. The molecule has 0 saturated heterocycles. The zero-order valence-corrected chi connectivity index (χ0v) is 7.90. The molecule has 3 heteroatoms. The van der Waals surface area contributed by atoms with E-state index < -0.39 is 0 Å². The van der Waals surface area contributed by atoms with Crippen molar-refractivity contribution in [1.29, 1.82) is 3.91 Å². The van der Waals surface area contributed by atoms with Gasteiger partial charge in [-0.05, 0) is 0 Å². The summed E-state index contributed by atoms with van der Waals surface area (Å²) < 4.78 is 14.8. The van der Waals surface area contributed by atoms with Crippen LogP contribution in [0.4, 0.5) is 0 Å². The Morgan fingerprint density at radius 3 is 2.60 bits per heavy atom. The molecule has 0 aromatic carbocycles. The summed E-state index contributed by atoms with van der Waals surface area (Å²) in [5.74, 6) is 0. The van der Waals surface area contributed by atoms with E-state index in [1.165, 1.54) is 4.91 Å². The van der Waals surface area contributed by atoms with E-state index in [9.17, 15) is 0 Å². The zero-order valence-electron chi connectivity index (χ0n) is 4.81. The van der Waals surface area contributed by atoms with Gasteiger partial charge in [-0.1, -0.05) is 0 Å². The van der Waals surface area contributed by atoms with E-state index in [0.29, 0.717) is 0 Å². The van der Waals surface area contributed by atoms with Crippen molar-refractivity contribution in [3.63, 3.8) is 0 Å². The van der Waals surface area contributed by atoms with Crippen LogP contribution >= 0.6 is 22.6 Å². The number of hydrogen-bond donors (Lipinski definition) is 1. The number of hydrogen-bond acceptors (Lipinski definition) is 1. The molecule has 0 heterocycles. The second kappa shape index (κ2) is 62.6. The first-order valence-electron chi connectivity index (χ1n) is 1.43. The fraction of sp³-hybridized carbons (Fsp3) is 0. The standard InChI is InChI=1S/CH2I.CH3.HN.W/c1-2;;;/h1H2;1H3;1H;/q2*-1;;/i1D;;1T;. The van der Waals surface area contributed by atoms with Crippen LogP contribution in [0.3, 0.4) is 0 Å². The molecule has 0 amide bonds. The van der Waals surface area contributed by atoms with Crippen LogP contribution in [0.15, 0.2) is 0 Å². The Morgan fingerprint density at radius 2 is 2.60 bits per heavy atom. The molecule has 0 rings (SSSR count). The van der Waals surface area contributed by atoms with E-state index >= 15 is 0 Å². The van der Waals surface area contributed by atoms with Crippen LogP contribution in [0.5, 0.6) is 0 Å². The first kappa shape index (κ1) is 6.22. The van der Waals surface area contributed by atoms with Gasteiger partial charge >= 0.3 is 24.9 Å². The van der Waals surface area contributed by atoms with Crippen molar-refractivity contribution in [2.75, 3.05) is 0 Å². The second-order valence-corrected chi connectivity index (χ2v) is 0. The predicted octanol–water partition coefficient (Wildman–Crippen LogP) is 1.96. The molecule has 0 aliphatic heterocycles. The normalized spacial score (nSPS) is 6.60. The van der Waals surface area contributed by atoms with Gasteiger partial charge in [-0.3, -0.25) is 4.91 Å². The van der Waals surface area contributed by atoms with Gasteiger partial charge in [0.1, 0.15) is 0 Å². The van der Waals surface area contributed by atoms with E-state index in [2.05, 4.69) is 3.91 Å². The van der Waals surface area contributed by atoms with Gasteiger partial charge in [-0.2, -0.15) is 1.37 Å². The van der Waals surface area contributed by atoms with Gasteiger partial charge in [0.25, 0.3) is 0 Å². The van der Waals surface area contributed by atoms with Crippen LogP contribution in [0.25, 0.3) is 0 Å². The molecule has 1 N–H and O–H groups in total. The van der Waals surface area contributed by atoms with Crippen LogP contribution < -0.4 is 0 Å². The molecule has 0 aromatic heterocycles. The first-order valence-corrected chi connectivity index (χ1v) is 2.96. The summed E-state index contributed by atoms with van der Waals surface area (Å²) in [6.07, 6.45) is 0. The van der Waals surface area contributed by atoms with E-state index in [0.717, 1.165) is 19.6 Å². The van der Waals surface area contributed by atoms with Crippen LogP contribution in [-0.2, 0) is 19.6 Å². The molecule has 0 unspecified atom stereocenters. The summed E-state index contributed by atoms with van der Waals surface area (Å²) in [6, 6.07) is 0. The topological polar surface area (TPSA) is 23.9 Å². The van der Waals surface area contributed by atoms with E-state index in [-0.39, 0.29) is 7.43 Å².